The number of fused-ring (bicyclic) bond motifs is 1. The molecular formula is C18H16N2O2S. The van der Waals surface area contributed by atoms with Gasteiger partial charge in [0, 0.05) is 16.3 Å². The standard InChI is InChI=1S/C18H16N2O2S/c21-17-15-6-2-1-4-12(15)10-16(19-17)18(22)20(13-7-8-13)11-14-5-3-9-23-14/h1-6,9-10,13H,7-8,11H2,(H,19,21). The number of carbonyl (C=O) groups excluding carboxylic acids is 1. The Morgan fingerprint density at radius 1 is 1.22 bits per heavy atom. The molecule has 1 fully saturated rings. The Hall–Kier alpha value is -2.40. The van der Waals surface area contributed by atoms with Gasteiger partial charge in [0.1, 0.15) is 5.69 Å². The van der Waals surface area contributed by atoms with Crippen molar-refractivity contribution in [2.75, 3.05) is 0 Å². The lowest BCUT2D eigenvalue weighted by Gasteiger charge is -2.21. The molecule has 0 saturated heterocycles. The van der Waals surface area contributed by atoms with Crippen LogP contribution in [0.25, 0.3) is 10.8 Å². The lowest BCUT2D eigenvalue weighted by atomic mass is 10.1. The molecule has 1 saturated carbocycles. The first-order chi connectivity index (χ1) is 11.2. The average molecular weight is 324 g/mol. The second-order valence-electron chi connectivity index (χ2n) is 5.84. The number of benzene rings is 1. The number of hydrogen-bond acceptors (Lipinski definition) is 3. The van der Waals surface area contributed by atoms with Crippen molar-refractivity contribution in [2.24, 2.45) is 0 Å². The van der Waals surface area contributed by atoms with Gasteiger partial charge in [-0.15, -0.1) is 11.3 Å². The second kappa shape index (κ2) is 5.66. The quantitative estimate of drug-likeness (QED) is 0.800. The lowest BCUT2D eigenvalue weighted by Crippen LogP contribution is -2.33. The minimum atomic E-state index is -0.210. The van der Waals surface area contributed by atoms with E-state index in [1.807, 2.05) is 40.6 Å². The van der Waals surface area contributed by atoms with Gasteiger partial charge in [-0.25, -0.2) is 0 Å². The number of H-pyrrole nitrogens is 1. The minimum absolute atomic E-state index is 0.0937. The third-order valence-corrected chi connectivity index (χ3v) is 5.00. The predicted molar refractivity (Wildman–Crippen MR) is 91.8 cm³/mol. The van der Waals surface area contributed by atoms with Crippen molar-refractivity contribution < 1.29 is 4.79 Å². The number of nitrogens with zero attached hydrogens (tertiary/aromatic N) is 1. The molecular weight excluding hydrogens is 308 g/mol. The van der Waals surface area contributed by atoms with Crippen LogP contribution in [0, 0.1) is 0 Å². The van der Waals surface area contributed by atoms with Gasteiger partial charge in [0.15, 0.2) is 0 Å². The van der Waals surface area contributed by atoms with Crippen LogP contribution in [0.15, 0.2) is 52.6 Å². The summed E-state index contributed by atoms with van der Waals surface area (Å²) < 4.78 is 0. The molecule has 4 rings (SSSR count). The Morgan fingerprint density at radius 3 is 2.78 bits per heavy atom. The van der Waals surface area contributed by atoms with Crippen molar-refractivity contribution in [3.05, 3.63) is 68.8 Å². The van der Waals surface area contributed by atoms with E-state index in [1.165, 1.54) is 0 Å². The molecule has 4 nitrogen and oxygen atoms in total. The minimum Gasteiger partial charge on any atom is -0.329 e. The fraction of sp³-hybridized carbons (Fsp3) is 0.222. The van der Waals surface area contributed by atoms with E-state index in [0.29, 0.717) is 23.7 Å². The van der Waals surface area contributed by atoms with E-state index in [0.717, 1.165) is 23.1 Å². The van der Waals surface area contributed by atoms with Gasteiger partial charge in [0.25, 0.3) is 11.5 Å². The third kappa shape index (κ3) is 2.80. The number of nitrogens with one attached hydrogen (secondary N) is 1. The fourth-order valence-electron chi connectivity index (χ4n) is 2.80. The van der Waals surface area contributed by atoms with Crippen LogP contribution in [-0.2, 0) is 6.54 Å². The number of aromatic nitrogens is 1. The van der Waals surface area contributed by atoms with Gasteiger partial charge in [0.2, 0.25) is 0 Å². The summed E-state index contributed by atoms with van der Waals surface area (Å²) in [5.74, 6) is -0.0937. The second-order valence-corrected chi connectivity index (χ2v) is 6.88. The third-order valence-electron chi connectivity index (χ3n) is 4.14. The van der Waals surface area contributed by atoms with Crippen molar-refractivity contribution in [1.82, 2.24) is 9.88 Å². The average Bonchev–Trinajstić information content (AvgIpc) is 3.28. The number of rotatable bonds is 4. The Labute approximate surface area is 137 Å². The molecule has 1 amide bonds. The fourth-order valence-corrected chi connectivity index (χ4v) is 3.51. The van der Waals surface area contributed by atoms with Crippen LogP contribution in [0.4, 0.5) is 0 Å². The van der Waals surface area contributed by atoms with Crippen LogP contribution in [0.2, 0.25) is 0 Å². The molecule has 2 heterocycles. The topological polar surface area (TPSA) is 53.2 Å². The largest absolute Gasteiger partial charge is 0.329 e. The maximum Gasteiger partial charge on any atom is 0.270 e. The van der Waals surface area contributed by atoms with Gasteiger partial charge in [-0.2, -0.15) is 0 Å². The summed E-state index contributed by atoms with van der Waals surface area (Å²) in [5.41, 5.74) is 0.162. The summed E-state index contributed by atoms with van der Waals surface area (Å²) >= 11 is 1.65. The van der Waals surface area contributed by atoms with E-state index in [2.05, 4.69) is 4.98 Å². The number of aromatic amines is 1. The van der Waals surface area contributed by atoms with Crippen LogP contribution < -0.4 is 5.56 Å². The molecule has 23 heavy (non-hydrogen) atoms. The number of hydrogen-bond donors (Lipinski definition) is 1. The molecule has 0 aliphatic heterocycles. The summed E-state index contributed by atoms with van der Waals surface area (Å²) in [6, 6.07) is 13.4. The zero-order valence-corrected chi connectivity index (χ0v) is 13.3. The van der Waals surface area contributed by atoms with Gasteiger partial charge in [-0.3, -0.25) is 9.59 Å². The Kier molecular flexibility index (Phi) is 3.50. The summed E-state index contributed by atoms with van der Waals surface area (Å²) in [6.07, 6.45) is 2.07. The normalized spacial score (nSPS) is 14.1. The van der Waals surface area contributed by atoms with E-state index < -0.39 is 0 Å². The predicted octanol–water partition coefficient (Wildman–Crippen LogP) is 3.39. The van der Waals surface area contributed by atoms with Crippen molar-refractivity contribution in [3.8, 4) is 0 Å². The molecule has 1 aliphatic carbocycles. The first-order valence-corrected chi connectivity index (χ1v) is 8.56. The smallest absolute Gasteiger partial charge is 0.270 e. The van der Waals surface area contributed by atoms with E-state index in [9.17, 15) is 9.59 Å². The molecule has 1 aromatic carbocycles. The first kappa shape index (κ1) is 14.2. The molecule has 3 aromatic rings. The number of thiophene rings is 1. The van der Waals surface area contributed by atoms with E-state index in [1.54, 1.807) is 23.5 Å². The molecule has 1 aliphatic rings. The number of pyridine rings is 1. The SMILES string of the molecule is O=C(c1cc2ccccc2c(=O)[nH]1)N(Cc1cccs1)C1CC1. The Bertz CT molecular complexity index is 910. The first-order valence-electron chi connectivity index (χ1n) is 7.68. The van der Waals surface area contributed by atoms with Gasteiger partial charge in [-0.05, 0) is 41.8 Å². The number of carbonyl (C=O) groups is 1. The Morgan fingerprint density at radius 2 is 2.04 bits per heavy atom. The number of amides is 1. The van der Waals surface area contributed by atoms with Crippen LogP contribution in [0.1, 0.15) is 28.2 Å². The highest BCUT2D eigenvalue weighted by atomic mass is 32.1. The van der Waals surface area contributed by atoms with Gasteiger partial charge < -0.3 is 9.88 Å². The summed E-state index contributed by atoms with van der Waals surface area (Å²) in [5, 5.41) is 3.43. The van der Waals surface area contributed by atoms with Crippen LogP contribution in [0.3, 0.4) is 0 Å². The maximum absolute atomic E-state index is 12.9. The highest BCUT2D eigenvalue weighted by molar-refractivity contribution is 7.09. The summed E-state index contributed by atoms with van der Waals surface area (Å²) in [7, 11) is 0. The highest BCUT2D eigenvalue weighted by Crippen LogP contribution is 2.30. The molecule has 2 aromatic heterocycles. The maximum atomic E-state index is 12.9. The molecule has 0 spiro atoms. The van der Waals surface area contributed by atoms with E-state index in [-0.39, 0.29) is 11.5 Å². The monoisotopic (exact) mass is 324 g/mol. The van der Waals surface area contributed by atoms with Crippen LogP contribution >= 0.6 is 11.3 Å². The highest BCUT2D eigenvalue weighted by Gasteiger charge is 2.33. The van der Waals surface area contributed by atoms with Crippen molar-refractivity contribution in [1.29, 1.82) is 0 Å². The van der Waals surface area contributed by atoms with E-state index >= 15 is 0 Å². The molecule has 1 N–H and O–H groups in total. The van der Waals surface area contributed by atoms with Crippen LogP contribution in [-0.4, -0.2) is 21.8 Å². The zero-order valence-electron chi connectivity index (χ0n) is 12.5. The molecule has 116 valence electrons. The van der Waals surface area contributed by atoms with Crippen LogP contribution in [0.5, 0.6) is 0 Å². The van der Waals surface area contributed by atoms with Gasteiger partial charge >= 0.3 is 0 Å². The zero-order chi connectivity index (χ0) is 15.8. The van der Waals surface area contributed by atoms with E-state index in [4.69, 9.17) is 0 Å². The molecule has 0 unspecified atom stereocenters. The Balaban J connectivity index is 1.70. The molecule has 5 heteroatoms. The van der Waals surface area contributed by atoms with Gasteiger partial charge in [-0.1, -0.05) is 24.3 Å². The summed E-state index contributed by atoms with van der Waals surface area (Å²) in [6.45, 7) is 0.607. The van der Waals surface area contributed by atoms with Gasteiger partial charge in [0.05, 0.1) is 6.54 Å². The van der Waals surface area contributed by atoms with Crippen molar-refractivity contribution >= 4 is 28.0 Å². The molecule has 0 bridgehead atoms. The van der Waals surface area contributed by atoms with Crippen molar-refractivity contribution in [2.45, 2.75) is 25.4 Å². The molecule has 0 radical (unpaired) electrons. The molecule has 0 atom stereocenters. The lowest BCUT2D eigenvalue weighted by molar-refractivity contribution is 0.0725. The van der Waals surface area contributed by atoms with Crippen molar-refractivity contribution in [3.63, 3.8) is 0 Å². The summed E-state index contributed by atoms with van der Waals surface area (Å²) in [4.78, 5) is 30.9.